The molecule has 1 rings (SSSR count). The monoisotopic (exact) mass is 351 g/mol. The number of rotatable bonds is 10. The molecule has 0 fully saturated rings. The molecule has 0 radical (unpaired) electrons. The van der Waals surface area contributed by atoms with Crippen molar-refractivity contribution in [3.05, 3.63) is 17.0 Å². The van der Waals surface area contributed by atoms with Crippen LogP contribution in [0.1, 0.15) is 50.3 Å². The standard InChI is InChI=1S/C14H22ClNO3S2/c1-2-3-4-5-6-7-13(17)16-11-10-12-8-9-14(20-12)21(15,18)19/h8-9H,2-7,10-11H2,1H3,(H,16,17). The molecule has 7 heteroatoms. The number of unbranched alkanes of at least 4 members (excludes halogenated alkanes) is 4. The molecular weight excluding hydrogens is 330 g/mol. The first-order chi connectivity index (χ1) is 9.93. The topological polar surface area (TPSA) is 63.2 Å². The molecule has 120 valence electrons. The number of halogens is 1. The molecule has 4 nitrogen and oxygen atoms in total. The highest BCUT2D eigenvalue weighted by atomic mass is 35.7. The molecule has 1 aromatic rings. The lowest BCUT2D eigenvalue weighted by molar-refractivity contribution is -0.121. The Bertz CT molecular complexity index is 540. The fraction of sp³-hybridized carbons (Fsp3) is 0.643. The van der Waals surface area contributed by atoms with E-state index in [-0.39, 0.29) is 10.1 Å². The zero-order valence-corrected chi connectivity index (χ0v) is 14.6. The van der Waals surface area contributed by atoms with Gasteiger partial charge in [0, 0.05) is 28.5 Å². The Morgan fingerprint density at radius 3 is 2.57 bits per heavy atom. The summed E-state index contributed by atoms with van der Waals surface area (Å²) in [7, 11) is 1.62. The molecule has 1 N–H and O–H groups in total. The second-order valence-electron chi connectivity index (χ2n) is 4.92. The van der Waals surface area contributed by atoms with Crippen LogP contribution in [-0.2, 0) is 20.3 Å². The van der Waals surface area contributed by atoms with Crippen molar-refractivity contribution in [3.63, 3.8) is 0 Å². The second kappa shape index (κ2) is 9.43. The normalized spacial score (nSPS) is 11.5. The first-order valence-electron chi connectivity index (χ1n) is 7.23. The molecule has 1 amide bonds. The van der Waals surface area contributed by atoms with Gasteiger partial charge in [-0.1, -0.05) is 32.6 Å². The molecular formula is C14H22ClNO3S2. The highest BCUT2D eigenvalue weighted by Crippen LogP contribution is 2.24. The van der Waals surface area contributed by atoms with Crippen LogP contribution in [-0.4, -0.2) is 20.9 Å². The van der Waals surface area contributed by atoms with Gasteiger partial charge in [0.2, 0.25) is 5.91 Å². The molecule has 0 aliphatic rings. The van der Waals surface area contributed by atoms with E-state index in [4.69, 9.17) is 10.7 Å². The summed E-state index contributed by atoms with van der Waals surface area (Å²) in [5.74, 6) is 0.0632. The fourth-order valence-corrected chi connectivity index (χ4v) is 4.05. The third-order valence-corrected chi connectivity index (χ3v) is 6.32. The maximum absolute atomic E-state index is 11.6. The van der Waals surface area contributed by atoms with Crippen molar-refractivity contribution < 1.29 is 13.2 Å². The lowest BCUT2D eigenvalue weighted by Crippen LogP contribution is -2.25. The van der Waals surface area contributed by atoms with Crippen LogP contribution in [0, 0.1) is 0 Å². The van der Waals surface area contributed by atoms with Gasteiger partial charge in [0.1, 0.15) is 4.21 Å². The summed E-state index contributed by atoms with van der Waals surface area (Å²) in [6.07, 6.45) is 6.84. The van der Waals surface area contributed by atoms with Gasteiger partial charge in [-0.2, -0.15) is 0 Å². The number of carbonyl (C=O) groups excluding carboxylic acids is 1. The van der Waals surface area contributed by atoms with Crippen molar-refractivity contribution in [2.75, 3.05) is 6.54 Å². The highest BCUT2D eigenvalue weighted by molar-refractivity contribution is 8.15. The number of nitrogens with one attached hydrogen (secondary N) is 1. The molecule has 0 spiro atoms. The van der Waals surface area contributed by atoms with E-state index in [0.717, 1.165) is 29.1 Å². The van der Waals surface area contributed by atoms with Crippen LogP contribution in [0.5, 0.6) is 0 Å². The van der Waals surface area contributed by atoms with Crippen LogP contribution >= 0.6 is 22.0 Å². The molecule has 1 heterocycles. The minimum atomic E-state index is -3.64. The van der Waals surface area contributed by atoms with Gasteiger partial charge in [0.05, 0.1) is 0 Å². The maximum Gasteiger partial charge on any atom is 0.270 e. The third kappa shape index (κ3) is 7.83. The minimum absolute atomic E-state index is 0.0632. The van der Waals surface area contributed by atoms with Gasteiger partial charge in [0.25, 0.3) is 9.05 Å². The Kier molecular flexibility index (Phi) is 8.29. The lowest BCUT2D eigenvalue weighted by atomic mass is 10.1. The van der Waals surface area contributed by atoms with E-state index in [0.29, 0.717) is 19.4 Å². The summed E-state index contributed by atoms with van der Waals surface area (Å²) in [4.78, 5) is 12.5. The molecule has 0 saturated carbocycles. The van der Waals surface area contributed by atoms with Crippen LogP contribution in [0.3, 0.4) is 0 Å². The molecule has 0 aliphatic heterocycles. The first kappa shape index (κ1) is 18.5. The van der Waals surface area contributed by atoms with Crippen molar-refractivity contribution in [2.24, 2.45) is 0 Å². The number of carbonyl (C=O) groups is 1. The van der Waals surface area contributed by atoms with Crippen LogP contribution in [0.25, 0.3) is 0 Å². The first-order valence-corrected chi connectivity index (χ1v) is 10.4. The van der Waals surface area contributed by atoms with Gasteiger partial charge < -0.3 is 5.32 Å². The van der Waals surface area contributed by atoms with E-state index in [2.05, 4.69) is 12.2 Å². The molecule has 0 aliphatic carbocycles. The molecule has 0 atom stereocenters. The van der Waals surface area contributed by atoms with Gasteiger partial charge >= 0.3 is 0 Å². The van der Waals surface area contributed by atoms with Crippen LogP contribution in [0.2, 0.25) is 0 Å². The quantitative estimate of drug-likeness (QED) is 0.516. The van der Waals surface area contributed by atoms with E-state index in [9.17, 15) is 13.2 Å². The van der Waals surface area contributed by atoms with Crippen LogP contribution < -0.4 is 5.32 Å². The van der Waals surface area contributed by atoms with E-state index in [1.165, 1.54) is 25.3 Å². The number of hydrogen-bond acceptors (Lipinski definition) is 4. The summed E-state index contributed by atoms with van der Waals surface area (Å²) in [5.41, 5.74) is 0. The Hall–Kier alpha value is -0.590. The Morgan fingerprint density at radius 2 is 1.95 bits per heavy atom. The van der Waals surface area contributed by atoms with Gasteiger partial charge in [-0.3, -0.25) is 4.79 Å². The molecule has 21 heavy (non-hydrogen) atoms. The van der Waals surface area contributed by atoms with Gasteiger partial charge in [0.15, 0.2) is 0 Å². The fourth-order valence-electron chi connectivity index (χ4n) is 1.93. The molecule has 0 bridgehead atoms. The smallest absolute Gasteiger partial charge is 0.270 e. The highest BCUT2D eigenvalue weighted by Gasteiger charge is 2.12. The summed E-state index contributed by atoms with van der Waals surface area (Å²) in [6.45, 7) is 2.69. The van der Waals surface area contributed by atoms with E-state index in [1.54, 1.807) is 6.07 Å². The van der Waals surface area contributed by atoms with E-state index >= 15 is 0 Å². The lowest BCUT2D eigenvalue weighted by Gasteiger charge is -2.04. The second-order valence-corrected chi connectivity index (χ2v) is 8.88. The predicted molar refractivity (Wildman–Crippen MR) is 87.4 cm³/mol. The number of thiophene rings is 1. The molecule has 0 aromatic carbocycles. The summed E-state index contributed by atoms with van der Waals surface area (Å²) in [5, 5.41) is 2.86. The summed E-state index contributed by atoms with van der Waals surface area (Å²) < 4.78 is 22.4. The van der Waals surface area contributed by atoms with Crippen molar-refractivity contribution in [2.45, 2.75) is 56.1 Å². The van der Waals surface area contributed by atoms with Gasteiger partial charge in [-0.05, 0) is 25.0 Å². The van der Waals surface area contributed by atoms with Crippen molar-refractivity contribution in [1.29, 1.82) is 0 Å². The SMILES string of the molecule is CCCCCCCC(=O)NCCc1ccc(S(=O)(=O)Cl)s1. The van der Waals surface area contributed by atoms with Crippen LogP contribution in [0.15, 0.2) is 16.3 Å². The molecule has 0 saturated heterocycles. The number of hydrogen-bond donors (Lipinski definition) is 1. The minimum Gasteiger partial charge on any atom is -0.356 e. The Labute approximate surface area is 135 Å². The maximum atomic E-state index is 11.6. The number of amides is 1. The van der Waals surface area contributed by atoms with E-state index in [1.807, 2.05) is 0 Å². The largest absolute Gasteiger partial charge is 0.356 e. The summed E-state index contributed by atoms with van der Waals surface area (Å²) in [6, 6.07) is 3.23. The predicted octanol–water partition coefficient (Wildman–Crippen LogP) is 3.69. The summed E-state index contributed by atoms with van der Waals surface area (Å²) >= 11 is 1.15. The zero-order chi connectivity index (χ0) is 15.7. The zero-order valence-electron chi connectivity index (χ0n) is 12.2. The van der Waals surface area contributed by atoms with E-state index < -0.39 is 9.05 Å². The van der Waals surface area contributed by atoms with Crippen LogP contribution in [0.4, 0.5) is 0 Å². The molecule has 0 unspecified atom stereocenters. The third-order valence-electron chi connectivity index (χ3n) is 3.08. The Morgan fingerprint density at radius 1 is 1.24 bits per heavy atom. The van der Waals surface area contributed by atoms with Gasteiger partial charge in [-0.25, -0.2) is 8.42 Å². The van der Waals surface area contributed by atoms with Crippen molar-refractivity contribution in [3.8, 4) is 0 Å². The Balaban J connectivity index is 2.18. The van der Waals surface area contributed by atoms with Crippen molar-refractivity contribution in [1.82, 2.24) is 5.32 Å². The van der Waals surface area contributed by atoms with Gasteiger partial charge in [-0.15, -0.1) is 11.3 Å². The average Bonchev–Trinajstić information content (AvgIpc) is 2.87. The molecule has 1 aromatic heterocycles. The van der Waals surface area contributed by atoms with Crippen molar-refractivity contribution >= 4 is 37.0 Å². The average molecular weight is 352 g/mol.